The molecule has 0 spiro atoms. The highest BCUT2D eigenvalue weighted by Crippen LogP contribution is 2.37. The highest BCUT2D eigenvalue weighted by atomic mass is 35.5. The number of ether oxygens (including phenoxy) is 2. The number of halogens is 4. The minimum Gasteiger partial charge on any atom is -0.376 e. The Bertz CT molecular complexity index is 956. The monoisotopic (exact) mass is 648 g/mol. The highest BCUT2D eigenvalue weighted by Gasteiger charge is 2.48. The SMILES string of the molecule is CCOC1CC2NCC(C#N)C(NC3CCC(OCC4CC(C(F)(F)F)CCN4)C(Cl)C3)C2CC1NC(=O)CCCN(C)C. The van der Waals surface area contributed by atoms with Crippen LogP contribution in [0, 0.1) is 29.1 Å². The predicted molar refractivity (Wildman–Crippen MR) is 163 cm³/mol. The summed E-state index contributed by atoms with van der Waals surface area (Å²) in [6, 6.07) is 2.27. The van der Waals surface area contributed by atoms with Crippen LogP contribution in [0.2, 0.25) is 0 Å². The fraction of sp³-hybridized carbons (Fsp3) is 0.935. The van der Waals surface area contributed by atoms with Gasteiger partial charge in [-0.2, -0.15) is 18.4 Å². The van der Waals surface area contributed by atoms with Gasteiger partial charge in [-0.3, -0.25) is 4.79 Å². The maximum Gasteiger partial charge on any atom is 0.391 e. The third kappa shape index (κ3) is 9.90. The summed E-state index contributed by atoms with van der Waals surface area (Å²) >= 11 is 6.81. The van der Waals surface area contributed by atoms with Crippen LogP contribution in [0.5, 0.6) is 0 Å². The second-order valence-electron chi connectivity index (χ2n) is 13.5. The molecule has 0 aromatic carbocycles. The van der Waals surface area contributed by atoms with Crippen molar-refractivity contribution in [2.75, 3.05) is 46.9 Å². The summed E-state index contributed by atoms with van der Waals surface area (Å²) in [6.07, 6.45) is 0.557. The number of alkyl halides is 4. The number of hydrogen-bond acceptors (Lipinski definition) is 8. The molecule has 4 aliphatic rings. The molecular weight excluding hydrogens is 597 g/mol. The fourth-order valence-electron chi connectivity index (χ4n) is 7.65. The molecule has 0 radical (unpaired) electrons. The van der Waals surface area contributed by atoms with Gasteiger partial charge in [0.05, 0.1) is 48.1 Å². The first kappa shape index (κ1) is 35.7. The van der Waals surface area contributed by atoms with E-state index in [1.807, 2.05) is 21.0 Å². The Hall–Kier alpha value is -1.20. The maximum atomic E-state index is 13.2. The van der Waals surface area contributed by atoms with Gasteiger partial charge in [0, 0.05) is 43.7 Å². The highest BCUT2D eigenvalue weighted by molar-refractivity contribution is 6.21. The molecule has 0 aromatic rings. The Labute approximate surface area is 265 Å². The predicted octanol–water partition coefficient (Wildman–Crippen LogP) is 3.17. The van der Waals surface area contributed by atoms with E-state index in [0.29, 0.717) is 45.4 Å². The second kappa shape index (κ2) is 16.6. The molecule has 9 nitrogen and oxygen atoms in total. The van der Waals surface area contributed by atoms with Crippen molar-refractivity contribution in [3.05, 3.63) is 0 Å². The first-order chi connectivity index (χ1) is 21.0. The summed E-state index contributed by atoms with van der Waals surface area (Å²) in [7, 11) is 3.99. The standard InChI is InChI=1S/C31H52ClF3N6O3/c1-4-43-28-15-25-23(14-26(28)40-29(42)6-5-11-41(2)3)30(19(16-36)17-38-25)39-21-7-8-27(24(32)13-21)44-18-22-12-20(9-10-37-22)31(33,34)35/h19-28,30,37-39H,4-15,17-18H2,1-3H3,(H,40,42). The fourth-order valence-corrected chi connectivity index (χ4v) is 8.07. The smallest absolute Gasteiger partial charge is 0.376 e. The van der Waals surface area contributed by atoms with Crippen molar-refractivity contribution in [1.82, 2.24) is 26.2 Å². The zero-order valence-corrected chi connectivity index (χ0v) is 27.1. The molecule has 4 fully saturated rings. The van der Waals surface area contributed by atoms with Gasteiger partial charge in [0.25, 0.3) is 0 Å². The average molecular weight is 649 g/mol. The number of amides is 1. The number of carbonyl (C=O) groups excluding carboxylic acids is 1. The molecule has 0 bridgehead atoms. The van der Waals surface area contributed by atoms with E-state index < -0.39 is 12.1 Å². The summed E-state index contributed by atoms with van der Waals surface area (Å²) < 4.78 is 51.8. The molecule has 1 amide bonds. The molecule has 13 heteroatoms. The van der Waals surface area contributed by atoms with Crippen LogP contribution in [0.15, 0.2) is 0 Å². The summed E-state index contributed by atoms with van der Waals surface area (Å²) in [4.78, 5) is 14.9. The van der Waals surface area contributed by atoms with E-state index >= 15 is 0 Å². The lowest BCUT2D eigenvalue weighted by atomic mass is 9.69. The minimum atomic E-state index is -4.17. The van der Waals surface area contributed by atoms with Gasteiger partial charge in [-0.1, -0.05) is 0 Å². The topological polar surface area (TPSA) is 111 Å². The van der Waals surface area contributed by atoms with Gasteiger partial charge in [0.2, 0.25) is 5.91 Å². The molecule has 2 aliphatic heterocycles. The molecule has 2 saturated heterocycles. The van der Waals surface area contributed by atoms with E-state index in [1.54, 1.807) is 0 Å². The minimum absolute atomic E-state index is 0.0306. The molecular formula is C31H52ClF3N6O3. The van der Waals surface area contributed by atoms with Crippen molar-refractivity contribution in [3.8, 4) is 6.07 Å². The summed E-state index contributed by atoms with van der Waals surface area (Å²) in [6.45, 7) is 4.54. The first-order valence-corrected chi connectivity index (χ1v) is 16.9. The van der Waals surface area contributed by atoms with Gasteiger partial charge < -0.3 is 35.6 Å². The summed E-state index contributed by atoms with van der Waals surface area (Å²) in [5.74, 6) is -1.34. The van der Waals surface area contributed by atoms with Crippen LogP contribution in [0.25, 0.3) is 0 Å². The van der Waals surface area contributed by atoms with Gasteiger partial charge in [0.1, 0.15) is 0 Å². The van der Waals surface area contributed by atoms with Crippen LogP contribution in [0.3, 0.4) is 0 Å². The molecule has 2 aliphatic carbocycles. The zero-order valence-electron chi connectivity index (χ0n) is 26.4. The van der Waals surface area contributed by atoms with E-state index in [0.717, 1.165) is 25.8 Å². The van der Waals surface area contributed by atoms with Gasteiger partial charge in [-0.15, -0.1) is 11.6 Å². The molecule has 4 rings (SSSR count). The lowest BCUT2D eigenvalue weighted by Gasteiger charge is -2.50. The summed E-state index contributed by atoms with van der Waals surface area (Å²) in [5, 5.41) is 23.6. The van der Waals surface area contributed by atoms with Crippen LogP contribution in [-0.2, 0) is 14.3 Å². The van der Waals surface area contributed by atoms with E-state index in [-0.39, 0.29) is 85.0 Å². The molecule has 0 aromatic heterocycles. The van der Waals surface area contributed by atoms with Crippen LogP contribution >= 0.6 is 11.6 Å². The van der Waals surface area contributed by atoms with E-state index in [1.165, 1.54) is 0 Å². The number of fused-ring (bicyclic) bond motifs is 1. The maximum absolute atomic E-state index is 13.2. The van der Waals surface area contributed by atoms with Gasteiger partial charge in [-0.25, -0.2) is 0 Å². The third-order valence-electron chi connectivity index (χ3n) is 9.98. The number of hydrogen-bond donors (Lipinski definition) is 4. The second-order valence-corrected chi connectivity index (χ2v) is 14.0. The van der Waals surface area contributed by atoms with Gasteiger partial charge in [0.15, 0.2) is 0 Å². The quantitative estimate of drug-likeness (QED) is 0.239. The molecule has 44 heavy (non-hydrogen) atoms. The Kier molecular flexibility index (Phi) is 13.4. The lowest BCUT2D eigenvalue weighted by Crippen LogP contribution is -2.66. The Morgan fingerprint density at radius 3 is 2.57 bits per heavy atom. The Morgan fingerprint density at radius 2 is 1.89 bits per heavy atom. The van der Waals surface area contributed by atoms with Gasteiger partial charge in [-0.05, 0) is 91.4 Å². The van der Waals surface area contributed by atoms with Crippen LogP contribution in [0.4, 0.5) is 13.2 Å². The van der Waals surface area contributed by atoms with Crippen molar-refractivity contribution in [2.24, 2.45) is 17.8 Å². The van der Waals surface area contributed by atoms with Crippen molar-refractivity contribution in [3.63, 3.8) is 0 Å². The van der Waals surface area contributed by atoms with Crippen LogP contribution in [-0.4, -0.2) is 112 Å². The molecule has 11 atom stereocenters. The largest absolute Gasteiger partial charge is 0.391 e. The molecule has 2 heterocycles. The lowest BCUT2D eigenvalue weighted by molar-refractivity contribution is -0.184. The normalized spacial score (nSPS) is 38.1. The van der Waals surface area contributed by atoms with Crippen LogP contribution in [0.1, 0.15) is 64.7 Å². The van der Waals surface area contributed by atoms with E-state index in [2.05, 4.69) is 32.2 Å². The van der Waals surface area contributed by atoms with Crippen molar-refractivity contribution < 1.29 is 27.4 Å². The Morgan fingerprint density at radius 1 is 1.09 bits per heavy atom. The molecule has 252 valence electrons. The molecule has 4 N–H and O–H groups in total. The number of carbonyl (C=O) groups is 1. The van der Waals surface area contributed by atoms with E-state index in [9.17, 15) is 23.2 Å². The zero-order chi connectivity index (χ0) is 31.9. The Balaban J connectivity index is 1.32. The number of nitrogens with zero attached hydrogens (tertiary/aromatic N) is 2. The molecule has 11 unspecified atom stereocenters. The van der Waals surface area contributed by atoms with E-state index in [4.69, 9.17) is 21.1 Å². The van der Waals surface area contributed by atoms with Crippen molar-refractivity contribution >= 4 is 17.5 Å². The number of rotatable bonds is 12. The number of piperidine rings is 2. The third-order valence-corrected chi connectivity index (χ3v) is 10.4. The van der Waals surface area contributed by atoms with Crippen molar-refractivity contribution in [2.45, 2.75) is 119 Å². The number of nitrogens with one attached hydrogen (secondary N) is 4. The van der Waals surface area contributed by atoms with Gasteiger partial charge >= 0.3 is 6.18 Å². The van der Waals surface area contributed by atoms with Crippen LogP contribution < -0.4 is 21.3 Å². The first-order valence-electron chi connectivity index (χ1n) is 16.5. The molecule has 2 saturated carbocycles. The average Bonchev–Trinajstić information content (AvgIpc) is 2.97. The summed E-state index contributed by atoms with van der Waals surface area (Å²) in [5.41, 5.74) is 0. The number of nitriles is 1. The van der Waals surface area contributed by atoms with Crippen molar-refractivity contribution in [1.29, 1.82) is 5.26 Å².